The molecule has 64 heavy (non-hydrogen) atoms. The van der Waals surface area contributed by atoms with Crippen LogP contribution in [0.25, 0.3) is 122 Å². The van der Waals surface area contributed by atoms with Crippen molar-refractivity contribution in [2.75, 3.05) is 0 Å². The van der Waals surface area contributed by atoms with Crippen molar-refractivity contribution in [3.05, 3.63) is 231 Å². The summed E-state index contributed by atoms with van der Waals surface area (Å²) >= 11 is 0. The largest absolute Gasteiger partial charge is 0.247 e. The maximum absolute atomic E-state index is 5.19. The Labute approximate surface area is 370 Å². The molecule has 0 aliphatic carbocycles. The van der Waals surface area contributed by atoms with Gasteiger partial charge in [-0.05, 0) is 96.7 Å². The van der Waals surface area contributed by atoms with Gasteiger partial charge in [0.2, 0.25) is 0 Å². The summed E-state index contributed by atoms with van der Waals surface area (Å²) in [5.74, 6) is 1.88. The molecule has 0 amide bonds. The molecule has 4 heteroatoms. The Morgan fingerprint density at radius 3 is 1.41 bits per heavy atom. The van der Waals surface area contributed by atoms with Gasteiger partial charge in [-0.1, -0.05) is 194 Å². The number of pyridine rings is 1. The van der Waals surface area contributed by atoms with Crippen LogP contribution in [0.3, 0.4) is 0 Å². The minimum absolute atomic E-state index is 0.615. The molecular formula is C60H38N4. The van der Waals surface area contributed by atoms with E-state index in [-0.39, 0.29) is 0 Å². The van der Waals surface area contributed by atoms with Crippen molar-refractivity contribution < 1.29 is 0 Å². The zero-order valence-electron chi connectivity index (χ0n) is 34.7. The van der Waals surface area contributed by atoms with Crippen molar-refractivity contribution in [2.24, 2.45) is 0 Å². The van der Waals surface area contributed by atoms with Gasteiger partial charge in [-0.2, -0.15) is 0 Å². The molecule has 298 valence electrons. The Kier molecular flexibility index (Phi) is 9.12. The average molecular weight is 815 g/mol. The topological polar surface area (TPSA) is 51.6 Å². The van der Waals surface area contributed by atoms with Gasteiger partial charge in [-0.25, -0.2) is 19.9 Å². The Morgan fingerprint density at radius 2 is 0.703 bits per heavy atom. The average Bonchev–Trinajstić information content (AvgIpc) is 3.38. The van der Waals surface area contributed by atoms with Crippen molar-refractivity contribution in [2.45, 2.75) is 0 Å². The second-order valence-corrected chi connectivity index (χ2v) is 16.2. The van der Waals surface area contributed by atoms with Gasteiger partial charge < -0.3 is 0 Å². The van der Waals surface area contributed by atoms with E-state index in [0.717, 1.165) is 71.9 Å². The highest BCUT2D eigenvalue weighted by Gasteiger charge is 2.16. The zero-order valence-corrected chi connectivity index (χ0v) is 34.7. The van der Waals surface area contributed by atoms with Gasteiger partial charge in [0, 0.05) is 33.0 Å². The molecule has 2 aromatic heterocycles. The lowest BCUT2D eigenvalue weighted by atomic mass is 9.92. The van der Waals surface area contributed by atoms with Gasteiger partial charge in [-0.3, -0.25) is 0 Å². The van der Waals surface area contributed by atoms with Crippen LogP contribution in [-0.2, 0) is 0 Å². The molecule has 0 bridgehead atoms. The molecule has 0 unspecified atom stereocenters. The van der Waals surface area contributed by atoms with E-state index in [1.54, 1.807) is 0 Å². The number of para-hydroxylation sites is 1. The van der Waals surface area contributed by atoms with Crippen molar-refractivity contribution in [3.8, 4) is 78.8 Å². The number of hydrogen-bond donors (Lipinski definition) is 0. The monoisotopic (exact) mass is 814 g/mol. The normalized spacial score (nSPS) is 11.4. The third kappa shape index (κ3) is 6.84. The molecule has 0 spiro atoms. The summed E-state index contributed by atoms with van der Waals surface area (Å²) in [6, 6.07) is 81.4. The van der Waals surface area contributed by atoms with Crippen molar-refractivity contribution >= 4 is 43.2 Å². The number of benzene rings is 10. The summed E-state index contributed by atoms with van der Waals surface area (Å²) in [6.45, 7) is 0. The van der Waals surface area contributed by atoms with E-state index in [2.05, 4.69) is 170 Å². The van der Waals surface area contributed by atoms with Gasteiger partial charge in [0.25, 0.3) is 0 Å². The van der Waals surface area contributed by atoms with Crippen LogP contribution in [0.5, 0.6) is 0 Å². The Bertz CT molecular complexity index is 3650. The van der Waals surface area contributed by atoms with Gasteiger partial charge in [0.15, 0.2) is 17.5 Å². The van der Waals surface area contributed by atoms with Crippen LogP contribution in [0.2, 0.25) is 0 Å². The highest BCUT2D eigenvalue weighted by Crippen LogP contribution is 2.38. The Hall–Kier alpha value is -8.60. The smallest absolute Gasteiger partial charge is 0.164 e. The quantitative estimate of drug-likeness (QED) is 0.150. The van der Waals surface area contributed by atoms with E-state index in [1.165, 1.54) is 32.7 Å². The van der Waals surface area contributed by atoms with E-state index < -0.39 is 0 Å². The molecule has 4 nitrogen and oxygen atoms in total. The van der Waals surface area contributed by atoms with Crippen LogP contribution in [0.1, 0.15) is 0 Å². The minimum Gasteiger partial charge on any atom is -0.247 e. The van der Waals surface area contributed by atoms with Crippen LogP contribution in [0.15, 0.2) is 231 Å². The van der Waals surface area contributed by atoms with E-state index in [1.807, 2.05) is 60.7 Å². The predicted molar refractivity (Wildman–Crippen MR) is 266 cm³/mol. The molecule has 0 atom stereocenters. The van der Waals surface area contributed by atoms with Crippen LogP contribution in [-0.4, -0.2) is 19.9 Å². The SMILES string of the molecule is c1ccc(-c2nc(-c3ccccc3)nc(-c3cc(-c4ccc(-c5cccc6ccccc56)cc4)cc(-c4ccc5cc(-c6nc7ccccc7c7ccccc67)ccc5c4)c3)n2)cc1. The van der Waals surface area contributed by atoms with Crippen molar-refractivity contribution in [1.29, 1.82) is 0 Å². The molecule has 0 radical (unpaired) electrons. The second-order valence-electron chi connectivity index (χ2n) is 16.2. The lowest BCUT2D eigenvalue weighted by Crippen LogP contribution is -2.00. The Morgan fingerprint density at radius 1 is 0.219 bits per heavy atom. The lowest BCUT2D eigenvalue weighted by molar-refractivity contribution is 1.07. The molecule has 0 aliphatic heterocycles. The van der Waals surface area contributed by atoms with Crippen LogP contribution < -0.4 is 0 Å². The van der Waals surface area contributed by atoms with Crippen molar-refractivity contribution in [3.63, 3.8) is 0 Å². The fraction of sp³-hybridized carbons (Fsp3) is 0. The van der Waals surface area contributed by atoms with Crippen LogP contribution in [0, 0.1) is 0 Å². The number of aromatic nitrogens is 4. The molecule has 12 aromatic rings. The first-order chi connectivity index (χ1) is 31.7. The van der Waals surface area contributed by atoms with E-state index in [0.29, 0.717) is 17.5 Å². The molecule has 0 saturated heterocycles. The number of fused-ring (bicyclic) bond motifs is 5. The van der Waals surface area contributed by atoms with E-state index in [4.69, 9.17) is 19.9 Å². The summed E-state index contributed by atoms with van der Waals surface area (Å²) in [7, 11) is 0. The van der Waals surface area contributed by atoms with Gasteiger partial charge in [0.1, 0.15) is 0 Å². The molecule has 0 N–H and O–H groups in total. The lowest BCUT2D eigenvalue weighted by Gasteiger charge is -2.14. The summed E-state index contributed by atoms with van der Waals surface area (Å²) in [5.41, 5.74) is 12.6. The molecule has 0 fully saturated rings. The highest BCUT2D eigenvalue weighted by atomic mass is 15.0. The zero-order chi connectivity index (χ0) is 42.4. The fourth-order valence-electron chi connectivity index (χ4n) is 9.04. The van der Waals surface area contributed by atoms with Crippen LogP contribution >= 0.6 is 0 Å². The van der Waals surface area contributed by atoms with Gasteiger partial charge >= 0.3 is 0 Å². The summed E-state index contributed by atoms with van der Waals surface area (Å²) < 4.78 is 0. The van der Waals surface area contributed by atoms with Gasteiger partial charge in [0.05, 0.1) is 11.2 Å². The Balaban J connectivity index is 0.999. The third-order valence-corrected chi connectivity index (χ3v) is 12.3. The first-order valence-electron chi connectivity index (χ1n) is 21.6. The molecular weight excluding hydrogens is 777 g/mol. The minimum atomic E-state index is 0.615. The molecule has 0 saturated carbocycles. The standard InChI is InChI=1S/C60H38N4/c1-3-15-42(16-4-1)58-62-59(43-17-5-2-6-18-43)64-60(63-58)50-37-48(39-26-28-41(29-27-39)52-24-13-19-40-14-7-8-20-51(40)52)36-49(38-50)46-31-30-45-35-47(33-32-44(45)34-46)57-55-23-10-9-21-53(55)54-22-11-12-25-56(54)61-57/h1-38H. The first-order valence-corrected chi connectivity index (χ1v) is 21.6. The highest BCUT2D eigenvalue weighted by molar-refractivity contribution is 6.11. The van der Waals surface area contributed by atoms with E-state index in [9.17, 15) is 0 Å². The van der Waals surface area contributed by atoms with E-state index >= 15 is 0 Å². The van der Waals surface area contributed by atoms with Gasteiger partial charge in [-0.15, -0.1) is 0 Å². The summed E-state index contributed by atoms with van der Waals surface area (Å²) in [5, 5.41) is 8.30. The van der Waals surface area contributed by atoms with Crippen LogP contribution in [0.4, 0.5) is 0 Å². The van der Waals surface area contributed by atoms with Crippen molar-refractivity contribution in [1.82, 2.24) is 19.9 Å². The second kappa shape index (κ2) is 15.7. The molecule has 10 aromatic carbocycles. The number of nitrogens with zero attached hydrogens (tertiary/aromatic N) is 4. The third-order valence-electron chi connectivity index (χ3n) is 12.3. The maximum atomic E-state index is 5.19. The first kappa shape index (κ1) is 37.2. The maximum Gasteiger partial charge on any atom is 0.164 e. The predicted octanol–water partition coefficient (Wildman–Crippen LogP) is 15.5. The fourth-order valence-corrected chi connectivity index (χ4v) is 9.04. The number of rotatable bonds is 7. The molecule has 0 aliphatic rings. The summed E-state index contributed by atoms with van der Waals surface area (Å²) in [6.07, 6.45) is 0. The number of hydrogen-bond acceptors (Lipinski definition) is 4. The molecule has 2 heterocycles. The molecule has 12 rings (SSSR count). The summed E-state index contributed by atoms with van der Waals surface area (Å²) in [4.78, 5) is 20.5.